The van der Waals surface area contributed by atoms with Gasteiger partial charge in [-0.05, 0) is 42.0 Å². The van der Waals surface area contributed by atoms with Gasteiger partial charge in [0.15, 0.2) is 6.61 Å². The molecule has 8 nitrogen and oxygen atoms in total. The van der Waals surface area contributed by atoms with Gasteiger partial charge in [0.2, 0.25) is 10.0 Å². The second-order valence-electron chi connectivity index (χ2n) is 7.52. The molecule has 0 aliphatic carbocycles. The monoisotopic (exact) mass is 447 g/mol. The first-order valence-electron chi connectivity index (χ1n) is 10.1. The number of amides is 1. The molecule has 0 radical (unpaired) electrons. The maximum Gasteiger partial charge on any atom is 0.260 e. The van der Waals surface area contributed by atoms with Crippen LogP contribution in [0.2, 0.25) is 0 Å². The van der Waals surface area contributed by atoms with Gasteiger partial charge in [0.05, 0.1) is 13.4 Å². The minimum absolute atomic E-state index is 0.0227. The number of anilines is 1. The first-order chi connectivity index (χ1) is 14.8. The Hall–Kier alpha value is -2.78. The smallest absolute Gasteiger partial charge is 0.260 e. The lowest BCUT2D eigenvalue weighted by atomic mass is 10.2. The molecule has 2 aromatic carbocycles. The van der Waals surface area contributed by atoms with E-state index in [9.17, 15) is 13.2 Å². The van der Waals surface area contributed by atoms with Crippen LogP contribution in [0.3, 0.4) is 0 Å². The average Bonchev–Trinajstić information content (AvgIpc) is 2.78. The molecule has 0 unspecified atom stereocenters. The summed E-state index contributed by atoms with van der Waals surface area (Å²) in [5.41, 5.74) is 1.96. The van der Waals surface area contributed by atoms with E-state index in [1.165, 1.54) is 17.6 Å². The molecule has 0 bridgehead atoms. The number of nitrogens with zero attached hydrogens (tertiary/aromatic N) is 3. The molecule has 1 aliphatic rings. The number of benzene rings is 2. The predicted octanol–water partition coefficient (Wildman–Crippen LogP) is 1.81. The molecule has 1 fully saturated rings. The highest BCUT2D eigenvalue weighted by Crippen LogP contribution is 2.21. The topological polar surface area (TPSA) is 79.4 Å². The summed E-state index contributed by atoms with van der Waals surface area (Å²) in [7, 11) is -0.0463. The maximum absolute atomic E-state index is 12.5. The van der Waals surface area contributed by atoms with Crippen LogP contribution in [0.15, 0.2) is 48.5 Å². The standard InChI is InChI=1S/C22H29N3O5S/c1-23(31(3,27)28)16-18-4-8-21(9-5-18)30-17-22(26)25-14-12-24(13-15-25)19-6-10-20(29-2)11-7-19/h4-11H,12-17H2,1-3H3. The van der Waals surface area contributed by atoms with E-state index < -0.39 is 10.0 Å². The van der Waals surface area contributed by atoms with Gasteiger partial charge in [-0.3, -0.25) is 4.79 Å². The number of carbonyl (C=O) groups excluding carboxylic acids is 1. The van der Waals surface area contributed by atoms with Gasteiger partial charge in [-0.25, -0.2) is 12.7 Å². The highest BCUT2D eigenvalue weighted by molar-refractivity contribution is 7.88. The van der Waals surface area contributed by atoms with Crippen LogP contribution in [0.1, 0.15) is 5.56 Å². The van der Waals surface area contributed by atoms with Gasteiger partial charge in [0, 0.05) is 45.5 Å². The van der Waals surface area contributed by atoms with Crippen LogP contribution in [-0.4, -0.2) is 76.7 Å². The normalized spacial score (nSPS) is 14.6. The van der Waals surface area contributed by atoms with E-state index in [1.807, 2.05) is 29.2 Å². The van der Waals surface area contributed by atoms with Crippen LogP contribution in [0.5, 0.6) is 11.5 Å². The SMILES string of the molecule is COc1ccc(N2CCN(C(=O)COc3ccc(CN(C)S(C)(=O)=O)cc3)CC2)cc1. The maximum atomic E-state index is 12.5. The van der Waals surface area contributed by atoms with E-state index in [4.69, 9.17) is 9.47 Å². The van der Waals surface area contributed by atoms with Crippen LogP contribution >= 0.6 is 0 Å². The summed E-state index contributed by atoms with van der Waals surface area (Å²) in [6.45, 7) is 3.08. The number of ether oxygens (including phenoxy) is 2. The molecule has 0 spiro atoms. The third kappa shape index (κ3) is 6.35. The van der Waals surface area contributed by atoms with Crippen LogP contribution in [-0.2, 0) is 21.4 Å². The third-order valence-electron chi connectivity index (χ3n) is 5.33. The van der Waals surface area contributed by atoms with E-state index in [2.05, 4.69) is 4.90 Å². The van der Waals surface area contributed by atoms with Crippen molar-refractivity contribution in [3.63, 3.8) is 0 Å². The molecule has 0 aromatic heterocycles. The summed E-state index contributed by atoms with van der Waals surface area (Å²) in [5.74, 6) is 1.36. The Morgan fingerprint density at radius 2 is 1.55 bits per heavy atom. The largest absolute Gasteiger partial charge is 0.497 e. The fourth-order valence-electron chi connectivity index (χ4n) is 3.31. The Morgan fingerprint density at radius 3 is 2.10 bits per heavy atom. The zero-order valence-electron chi connectivity index (χ0n) is 18.2. The summed E-state index contributed by atoms with van der Waals surface area (Å²) >= 11 is 0. The fourth-order valence-corrected chi connectivity index (χ4v) is 3.69. The summed E-state index contributed by atoms with van der Waals surface area (Å²) in [6.07, 6.45) is 1.17. The van der Waals surface area contributed by atoms with E-state index >= 15 is 0 Å². The summed E-state index contributed by atoms with van der Waals surface area (Å²) in [5, 5.41) is 0. The molecule has 1 saturated heterocycles. The van der Waals surface area contributed by atoms with Gasteiger partial charge in [-0.1, -0.05) is 12.1 Å². The molecule has 1 amide bonds. The van der Waals surface area contributed by atoms with E-state index in [1.54, 1.807) is 31.4 Å². The van der Waals surface area contributed by atoms with Crippen molar-refractivity contribution in [1.82, 2.24) is 9.21 Å². The zero-order chi connectivity index (χ0) is 22.4. The predicted molar refractivity (Wildman–Crippen MR) is 120 cm³/mol. The number of sulfonamides is 1. The van der Waals surface area contributed by atoms with E-state index in [0.717, 1.165) is 30.1 Å². The van der Waals surface area contributed by atoms with Gasteiger partial charge in [0.1, 0.15) is 11.5 Å². The lowest BCUT2D eigenvalue weighted by molar-refractivity contribution is -0.133. The molecule has 0 N–H and O–H groups in total. The number of rotatable bonds is 8. The highest BCUT2D eigenvalue weighted by atomic mass is 32.2. The molecule has 1 heterocycles. The summed E-state index contributed by atoms with van der Waals surface area (Å²) in [4.78, 5) is 16.6. The van der Waals surface area contributed by atoms with Gasteiger partial charge in [0.25, 0.3) is 5.91 Å². The van der Waals surface area contributed by atoms with Crippen LogP contribution in [0, 0.1) is 0 Å². The highest BCUT2D eigenvalue weighted by Gasteiger charge is 2.21. The number of hydrogen-bond donors (Lipinski definition) is 0. The minimum atomic E-state index is -3.23. The van der Waals surface area contributed by atoms with Crippen molar-refractivity contribution < 1.29 is 22.7 Å². The Labute approximate surface area is 184 Å². The molecule has 2 aromatic rings. The molecular weight excluding hydrogens is 418 g/mol. The van der Waals surface area contributed by atoms with Crippen molar-refractivity contribution in [2.75, 3.05) is 58.1 Å². The quantitative estimate of drug-likeness (QED) is 0.614. The Bertz CT molecular complexity index is 969. The number of hydrogen-bond acceptors (Lipinski definition) is 6. The van der Waals surface area contributed by atoms with Gasteiger partial charge < -0.3 is 19.3 Å². The van der Waals surface area contributed by atoms with Crippen LogP contribution in [0.25, 0.3) is 0 Å². The summed E-state index contributed by atoms with van der Waals surface area (Å²) in [6, 6.07) is 15.0. The average molecular weight is 448 g/mol. The minimum Gasteiger partial charge on any atom is -0.497 e. The second-order valence-corrected chi connectivity index (χ2v) is 9.61. The molecular formula is C22H29N3O5S. The van der Waals surface area contributed by atoms with Crippen LogP contribution in [0.4, 0.5) is 5.69 Å². The van der Waals surface area contributed by atoms with Crippen molar-refractivity contribution >= 4 is 21.6 Å². The van der Waals surface area contributed by atoms with Gasteiger partial charge >= 0.3 is 0 Å². The Balaban J connectivity index is 1.45. The molecule has 9 heteroatoms. The summed E-state index contributed by atoms with van der Waals surface area (Å²) < 4.78 is 35.1. The number of methoxy groups -OCH3 is 1. The van der Waals surface area contributed by atoms with Crippen molar-refractivity contribution in [3.8, 4) is 11.5 Å². The number of piperazine rings is 1. The number of carbonyl (C=O) groups is 1. The zero-order valence-corrected chi connectivity index (χ0v) is 19.0. The fraction of sp³-hybridized carbons (Fsp3) is 0.409. The lowest BCUT2D eigenvalue weighted by Gasteiger charge is -2.36. The first kappa shape index (κ1) is 22.9. The van der Waals surface area contributed by atoms with Crippen molar-refractivity contribution in [2.45, 2.75) is 6.54 Å². The van der Waals surface area contributed by atoms with Gasteiger partial charge in [-0.15, -0.1) is 0 Å². The van der Waals surface area contributed by atoms with Crippen molar-refractivity contribution in [1.29, 1.82) is 0 Å². The third-order valence-corrected chi connectivity index (χ3v) is 6.59. The molecule has 168 valence electrons. The Morgan fingerprint density at radius 1 is 0.968 bits per heavy atom. The Kier molecular flexibility index (Phi) is 7.40. The van der Waals surface area contributed by atoms with Gasteiger partial charge in [-0.2, -0.15) is 0 Å². The lowest BCUT2D eigenvalue weighted by Crippen LogP contribution is -2.50. The molecule has 0 atom stereocenters. The van der Waals surface area contributed by atoms with E-state index in [-0.39, 0.29) is 19.1 Å². The molecule has 3 rings (SSSR count). The second kappa shape index (κ2) is 10.0. The molecule has 31 heavy (non-hydrogen) atoms. The first-order valence-corrected chi connectivity index (χ1v) is 11.9. The molecule has 0 saturated carbocycles. The molecule has 1 aliphatic heterocycles. The van der Waals surface area contributed by atoms with Crippen molar-refractivity contribution in [2.24, 2.45) is 0 Å². The van der Waals surface area contributed by atoms with Crippen molar-refractivity contribution in [3.05, 3.63) is 54.1 Å². The van der Waals surface area contributed by atoms with E-state index in [0.29, 0.717) is 18.8 Å². The van der Waals surface area contributed by atoms with Crippen LogP contribution < -0.4 is 14.4 Å².